The normalized spacial score (nSPS) is 29.2. The van der Waals surface area contributed by atoms with E-state index in [0.717, 1.165) is 32.5 Å². The molecule has 2 N–H and O–H groups in total. The molecule has 108 valence electrons. The molecule has 1 saturated heterocycles. The Morgan fingerprint density at radius 3 is 2.56 bits per heavy atom. The number of ether oxygens (including phenoxy) is 1. The first kappa shape index (κ1) is 15.9. The first-order valence-electron chi connectivity index (χ1n) is 7.68. The Bertz CT molecular complexity index is 231. The summed E-state index contributed by atoms with van der Waals surface area (Å²) in [6, 6.07) is 0.564. The zero-order chi connectivity index (χ0) is 13.6. The molecule has 0 aromatic heterocycles. The van der Waals surface area contributed by atoms with E-state index in [1.165, 1.54) is 19.3 Å². The lowest BCUT2D eigenvalue weighted by Gasteiger charge is -2.50. The molecule has 0 radical (unpaired) electrons. The number of nitrogens with zero attached hydrogens (tertiary/aromatic N) is 1. The molecule has 0 aromatic rings. The van der Waals surface area contributed by atoms with Gasteiger partial charge in [0, 0.05) is 24.7 Å². The molecule has 1 aliphatic rings. The van der Waals surface area contributed by atoms with Crippen LogP contribution in [0, 0.1) is 0 Å². The molecule has 0 bridgehead atoms. The van der Waals surface area contributed by atoms with Crippen LogP contribution >= 0.6 is 0 Å². The van der Waals surface area contributed by atoms with Crippen molar-refractivity contribution in [2.24, 2.45) is 5.73 Å². The molecule has 3 nitrogen and oxygen atoms in total. The second kappa shape index (κ2) is 7.46. The van der Waals surface area contributed by atoms with Crippen LogP contribution in [-0.2, 0) is 4.74 Å². The molecule has 2 unspecified atom stereocenters. The summed E-state index contributed by atoms with van der Waals surface area (Å²) >= 11 is 0. The van der Waals surface area contributed by atoms with Crippen LogP contribution in [0.3, 0.4) is 0 Å². The monoisotopic (exact) mass is 256 g/mol. The van der Waals surface area contributed by atoms with Gasteiger partial charge in [-0.3, -0.25) is 4.90 Å². The van der Waals surface area contributed by atoms with E-state index in [2.05, 4.69) is 32.6 Å². The highest BCUT2D eigenvalue weighted by molar-refractivity contribution is 4.97. The molecule has 2 atom stereocenters. The number of nitrogens with two attached hydrogens (primary N) is 1. The van der Waals surface area contributed by atoms with Gasteiger partial charge in [0.15, 0.2) is 0 Å². The Labute approximate surface area is 113 Å². The van der Waals surface area contributed by atoms with Crippen molar-refractivity contribution in [1.82, 2.24) is 4.90 Å². The van der Waals surface area contributed by atoms with E-state index in [-0.39, 0.29) is 5.54 Å². The highest BCUT2D eigenvalue weighted by Crippen LogP contribution is 2.33. The number of rotatable bonds is 7. The van der Waals surface area contributed by atoms with Crippen LogP contribution in [0.5, 0.6) is 0 Å². The van der Waals surface area contributed by atoms with Gasteiger partial charge >= 0.3 is 0 Å². The summed E-state index contributed by atoms with van der Waals surface area (Å²) in [5, 5.41) is 0. The number of hydrogen-bond acceptors (Lipinski definition) is 3. The molecule has 1 aliphatic heterocycles. The summed E-state index contributed by atoms with van der Waals surface area (Å²) in [7, 11) is 0. The maximum absolute atomic E-state index is 6.17. The standard InChI is InChI=1S/C15H32N2O/c1-5-7-14-11-15(12-16,8-10-18-14)17(9-6-2)13(3)4/h13-14H,5-12,16H2,1-4H3. The van der Waals surface area contributed by atoms with E-state index in [4.69, 9.17) is 10.5 Å². The molecule has 1 fully saturated rings. The number of hydrogen-bond donors (Lipinski definition) is 1. The molecule has 3 heteroatoms. The van der Waals surface area contributed by atoms with Gasteiger partial charge in [0.2, 0.25) is 0 Å². The maximum atomic E-state index is 6.17. The van der Waals surface area contributed by atoms with E-state index in [9.17, 15) is 0 Å². The van der Waals surface area contributed by atoms with Gasteiger partial charge in [-0.05, 0) is 46.1 Å². The fraction of sp³-hybridized carbons (Fsp3) is 1.00. The van der Waals surface area contributed by atoms with Gasteiger partial charge < -0.3 is 10.5 Å². The van der Waals surface area contributed by atoms with Gasteiger partial charge in [-0.2, -0.15) is 0 Å². The van der Waals surface area contributed by atoms with Gasteiger partial charge in [0.05, 0.1) is 6.10 Å². The zero-order valence-electron chi connectivity index (χ0n) is 12.7. The lowest BCUT2D eigenvalue weighted by atomic mass is 9.82. The third-order valence-corrected chi connectivity index (χ3v) is 4.22. The fourth-order valence-corrected chi connectivity index (χ4v) is 3.36. The van der Waals surface area contributed by atoms with Crippen molar-refractivity contribution >= 4 is 0 Å². The lowest BCUT2D eigenvalue weighted by Crippen LogP contribution is -2.60. The molecular formula is C15H32N2O. The second-order valence-electron chi connectivity index (χ2n) is 5.95. The predicted octanol–water partition coefficient (Wildman–Crippen LogP) is 2.78. The van der Waals surface area contributed by atoms with Crippen LogP contribution in [0.25, 0.3) is 0 Å². The maximum Gasteiger partial charge on any atom is 0.0593 e. The quantitative estimate of drug-likeness (QED) is 0.761. The van der Waals surface area contributed by atoms with Crippen LogP contribution in [0.2, 0.25) is 0 Å². The third-order valence-electron chi connectivity index (χ3n) is 4.22. The highest BCUT2D eigenvalue weighted by Gasteiger charge is 2.41. The average Bonchev–Trinajstić information content (AvgIpc) is 2.36. The molecule has 1 rings (SSSR count). The Hall–Kier alpha value is -0.120. The molecule has 0 spiro atoms. The summed E-state index contributed by atoms with van der Waals surface area (Å²) in [4.78, 5) is 2.62. The van der Waals surface area contributed by atoms with E-state index >= 15 is 0 Å². The van der Waals surface area contributed by atoms with Crippen LogP contribution in [0.15, 0.2) is 0 Å². The minimum Gasteiger partial charge on any atom is -0.378 e. The molecule has 0 amide bonds. The van der Waals surface area contributed by atoms with Crippen molar-refractivity contribution < 1.29 is 4.74 Å². The van der Waals surface area contributed by atoms with Crippen LogP contribution in [0.1, 0.15) is 59.8 Å². The highest BCUT2D eigenvalue weighted by atomic mass is 16.5. The summed E-state index contributed by atoms with van der Waals surface area (Å²) in [6.07, 6.45) is 6.16. The van der Waals surface area contributed by atoms with Crippen LogP contribution in [-0.4, -0.2) is 42.3 Å². The second-order valence-corrected chi connectivity index (χ2v) is 5.95. The Morgan fingerprint density at radius 1 is 1.33 bits per heavy atom. The molecule has 0 saturated carbocycles. The van der Waals surface area contributed by atoms with Crippen molar-refractivity contribution in [3.8, 4) is 0 Å². The Morgan fingerprint density at radius 2 is 2.06 bits per heavy atom. The van der Waals surface area contributed by atoms with Gasteiger partial charge in [-0.1, -0.05) is 20.3 Å². The van der Waals surface area contributed by atoms with Crippen LogP contribution < -0.4 is 5.73 Å². The SMILES string of the molecule is CCCC1CC(CN)(N(CCC)C(C)C)CCO1. The molecule has 18 heavy (non-hydrogen) atoms. The first-order valence-corrected chi connectivity index (χ1v) is 7.68. The minimum atomic E-state index is 0.169. The van der Waals surface area contributed by atoms with Crippen molar-refractivity contribution in [1.29, 1.82) is 0 Å². The van der Waals surface area contributed by atoms with Gasteiger partial charge in [-0.25, -0.2) is 0 Å². The summed E-state index contributed by atoms with van der Waals surface area (Å²) in [6.45, 7) is 11.8. The summed E-state index contributed by atoms with van der Waals surface area (Å²) < 4.78 is 5.90. The molecule has 0 aromatic carbocycles. The van der Waals surface area contributed by atoms with E-state index < -0.39 is 0 Å². The lowest BCUT2D eigenvalue weighted by molar-refractivity contribution is -0.0825. The summed E-state index contributed by atoms with van der Waals surface area (Å²) in [5.41, 5.74) is 6.34. The minimum absolute atomic E-state index is 0.169. The first-order chi connectivity index (χ1) is 8.59. The van der Waals surface area contributed by atoms with Crippen molar-refractivity contribution in [3.05, 3.63) is 0 Å². The summed E-state index contributed by atoms with van der Waals surface area (Å²) in [5.74, 6) is 0. The van der Waals surface area contributed by atoms with Crippen LogP contribution in [0.4, 0.5) is 0 Å². The largest absolute Gasteiger partial charge is 0.378 e. The smallest absolute Gasteiger partial charge is 0.0593 e. The van der Waals surface area contributed by atoms with Crippen molar-refractivity contribution in [2.45, 2.75) is 77.5 Å². The van der Waals surface area contributed by atoms with E-state index in [1.54, 1.807) is 0 Å². The van der Waals surface area contributed by atoms with Gasteiger partial charge in [0.1, 0.15) is 0 Å². The van der Waals surface area contributed by atoms with Crippen molar-refractivity contribution in [3.63, 3.8) is 0 Å². The molecule has 1 heterocycles. The molecule has 0 aliphatic carbocycles. The topological polar surface area (TPSA) is 38.5 Å². The Balaban J connectivity index is 2.80. The van der Waals surface area contributed by atoms with E-state index in [1.807, 2.05) is 0 Å². The third kappa shape index (κ3) is 3.69. The fourth-order valence-electron chi connectivity index (χ4n) is 3.36. The van der Waals surface area contributed by atoms with Crippen molar-refractivity contribution in [2.75, 3.05) is 19.7 Å². The van der Waals surface area contributed by atoms with Gasteiger partial charge in [-0.15, -0.1) is 0 Å². The average molecular weight is 256 g/mol. The van der Waals surface area contributed by atoms with E-state index in [0.29, 0.717) is 12.1 Å². The van der Waals surface area contributed by atoms with Gasteiger partial charge in [0.25, 0.3) is 0 Å². The molecular weight excluding hydrogens is 224 g/mol. The zero-order valence-corrected chi connectivity index (χ0v) is 12.7. The Kier molecular flexibility index (Phi) is 6.61. The predicted molar refractivity (Wildman–Crippen MR) is 77.8 cm³/mol.